The second-order valence-electron chi connectivity index (χ2n) is 7.04. The summed E-state index contributed by atoms with van der Waals surface area (Å²) in [7, 11) is 1.82. The maximum Gasteiger partial charge on any atom is 0.193 e. The number of benzene rings is 2. The fourth-order valence-corrected chi connectivity index (χ4v) is 3.58. The normalized spacial score (nSPS) is 20.0. The zero-order valence-electron chi connectivity index (χ0n) is 16.2. The smallest absolute Gasteiger partial charge is 0.193 e. The first-order valence-corrected chi connectivity index (χ1v) is 9.87. The molecule has 1 N–H and O–H groups in total. The molecule has 6 nitrogen and oxygen atoms in total. The SMILES string of the molecule is CN=C(NCC1COc2ccccc2O1)N1CCC(Oc2ccccc2)CC1. The molecule has 0 radical (unpaired) electrons. The van der Waals surface area contributed by atoms with Crippen LogP contribution < -0.4 is 19.5 Å². The molecule has 2 aromatic rings. The lowest BCUT2D eigenvalue weighted by molar-refractivity contribution is 0.0920. The molecule has 148 valence electrons. The Morgan fingerprint density at radius 2 is 1.79 bits per heavy atom. The van der Waals surface area contributed by atoms with Gasteiger partial charge in [-0.05, 0) is 24.3 Å². The van der Waals surface area contributed by atoms with Crippen molar-refractivity contribution in [3.8, 4) is 17.2 Å². The van der Waals surface area contributed by atoms with Crippen LogP contribution in [0.2, 0.25) is 0 Å². The highest BCUT2D eigenvalue weighted by molar-refractivity contribution is 5.80. The molecule has 2 heterocycles. The first kappa shape index (κ1) is 18.5. The van der Waals surface area contributed by atoms with Crippen LogP contribution in [0.15, 0.2) is 59.6 Å². The average molecular weight is 381 g/mol. The minimum Gasteiger partial charge on any atom is -0.490 e. The third-order valence-electron chi connectivity index (χ3n) is 5.05. The summed E-state index contributed by atoms with van der Waals surface area (Å²) in [6.45, 7) is 3.03. The first-order valence-electron chi connectivity index (χ1n) is 9.87. The summed E-state index contributed by atoms with van der Waals surface area (Å²) in [6.07, 6.45) is 2.17. The Morgan fingerprint density at radius 3 is 2.54 bits per heavy atom. The summed E-state index contributed by atoms with van der Waals surface area (Å²) in [6, 6.07) is 17.8. The predicted molar refractivity (Wildman–Crippen MR) is 109 cm³/mol. The number of aliphatic imine (C=N–C) groups is 1. The number of piperidine rings is 1. The number of fused-ring (bicyclic) bond motifs is 1. The fourth-order valence-electron chi connectivity index (χ4n) is 3.58. The van der Waals surface area contributed by atoms with Crippen molar-refractivity contribution in [1.29, 1.82) is 0 Å². The molecule has 0 aliphatic carbocycles. The Labute approximate surface area is 166 Å². The van der Waals surface area contributed by atoms with Crippen LogP contribution in [0.3, 0.4) is 0 Å². The maximum absolute atomic E-state index is 6.08. The first-order chi connectivity index (χ1) is 13.8. The van der Waals surface area contributed by atoms with Gasteiger partial charge < -0.3 is 24.4 Å². The fraction of sp³-hybridized carbons (Fsp3) is 0.409. The number of nitrogens with zero attached hydrogens (tertiary/aromatic N) is 2. The van der Waals surface area contributed by atoms with Gasteiger partial charge in [0.25, 0.3) is 0 Å². The molecule has 1 atom stereocenters. The Morgan fingerprint density at radius 1 is 1.07 bits per heavy atom. The van der Waals surface area contributed by atoms with E-state index < -0.39 is 0 Å². The van der Waals surface area contributed by atoms with Crippen LogP contribution in [0.1, 0.15) is 12.8 Å². The number of likely N-dealkylation sites (tertiary alicyclic amines) is 1. The molecule has 4 rings (SSSR count). The van der Waals surface area contributed by atoms with E-state index in [1.165, 1.54) is 0 Å². The monoisotopic (exact) mass is 381 g/mol. The van der Waals surface area contributed by atoms with Gasteiger partial charge in [0.1, 0.15) is 24.6 Å². The predicted octanol–water partition coefficient (Wildman–Crippen LogP) is 2.95. The molecule has 1 fully saturated rings. The van der Waals surface area contributed by atoms with Crippen LogP contribution in [0, 0.1) is 0 Å². The van der Waals surface area contributed by atoms with Crippen molar-refractivity contribution in [3.63, 3.8) is 0 Å². The molecule has 1 saturated heterocycles. The van der Waals surface area contributed by atoms with Gasteiger partial charge in [-0.2, -0.15) is 0 Å². The van der Waals surface area contributed by atoms with Gasteiger partial charge in [-0.1, -0.05) is 30.3 Å². The second kappa shape index (κ2) is 8.87. The summed E-state index contributed by atoms with van der Waals surface area (Å²) in [5.41, 5.74) is 0. The van der Waals surface area contributed by atoms with E-state index in [0.717, 1.165) is 49.1 Å². The molecule has 2 aliphatic rings. The molecule has 0 spiro atoms. The highest BCUT2D eigenvalue weighted by Crippen LogP contribution is 2.30. The van der Waals surface area contributed by atoms with Crippen molar-refractivity contribution in [2.45, 2.75) is 25.0 Å². The largest absolute Gasteiger partial charge is 0.490 e. The highest BCUT2D eigenvalue weighted by atomic mass is 16.6. The lowest BCUT2D eigenvalue weighted by atomic mass is 10.1. The van der Waals surface area contributed by atoms with Gasteiger partial charge in [0.2, 0.25) is 0 Å². The van der Waals surface area contributed by atoms with Gasteiger partial charge in [0.15, 0.2) is 17.5 Å². The van der Waals surface area contributed by atoms with Crippen molar-refractivity contribution >= 4 is 5.96 Å². The molecular weight excluding hydrogens is 354 g/mol. The zero-order valence-corrected chi connectivity index (χ0v) is 16.2. The van der Waals surface area contributed by atoms with E-state index in [2.05, 4.69) is 15.2 Å². The lowest BCUT2D eigenvalue weighted by Gasteiger charge is -2.35. The second-order valence-corrected chi connectivity index (χ2v) is 7.04. The van der Waals surface area contributed by atoms with E-state index in [1.54, 1.807) is 0 Å². The molecule has 0 saturated carbocycles. The summed E-state index contributed by atoms with van der Waals surface area (Å²) in [5.74, 6) is 3.46. The number of para-hydroxylation sites is 3. The number of guanidine groups is 1. The minimum absolute atomic E-state index is 0.0365. The van der Waals surface area contributed by atoms with Crippen LogP contribution in [0.4, 0.5) is 0 Å². The average Bonchev–Trinajstić information content (AvgIpc) is 2.76. The van der Waals surface area contributed by atoms with Crippen LogP contribution in [-0.2, 0) is 0 Å². The Hall–Kier alpha value is -2.89. The Kier molecular flexibility index (Phi) is 5.85. The van der Waals surface area contributed by atoms with E-state index in [-0.39, 0.29) is 12.2 Å². The van der Waals surface area contributed by atoms with Crippen molar-refractivity contribution in [1.82, 2.24) is 10.2 Å². The molecule has 2 aromatic carbocycles. The summed E-state index contributed by atoms with van der Waals surface area (Å²) in [4.78, 5) is 6.72. The van der Waals surface area contributed by atoms with E-state index >= 15 is 0 Å². The van der Waals surface area contributed by atoms with E-state index in [9.17, 15) is 0 Å². The summed E-state index contributed by atoms with van der Waals surface area (Å²) >= 11 is 0. The van der Waals surface area contributed by atoms with Gasteiger partial charge in [0.05, 0.1) is 6.54 Å². The quantitative estimate of drug-likeness (QED) is 0.652. The zero-order chi connectivity index (χ0) is 19.2. The molecule has 0 amide bonds. The number of rotatable bonds is 4. The number of hydrogen-bond donors (Lipinski definition) is 1. The third-order valence-corrected chi connectivity index (χ3v) is 5.05. The van der Waals surface area contributed by atoms with Crippen molar-refractivity contribution in [2.24, 2.45) is 4.99 Å². The van der Waals surface area contributed by atoms with E-state index in [1.807, 2.05) is 61.6 Å². The van der Waals surface area contributed by atoms with Crippen LogP contribution in [0.5, 0.6) is 17.2 Å². The topological polar surface area (TPSA) is 55.3 Å². The summed E-state index contributed by atoms with van der Waals surface area (Å²) < 4.78 is 17.9. The molecule has 0 bridgehead atoms. The Bertz CT molecular complexity index is 789. The molecule has 0 aromatic heterocycles. The lowest BCUT2D eigenvalue weighted by Crippen LogP contribution is -2.50. The molecule has 1 unspecified atom stereocenters. The van der Waals surface area contributed by atoms with Crippen LogP contribution >= 0.6 is 0 Å². The highest BCUT2D eigenvalue weighted by Gasteiger charge is 2.25. The standard InChI is InChI=1S/C22H27N3O3/c1-23-22(24-15-19-16-26-20-9-5-6-10-21(20)28-19)25-13-11-18(12-14-25)27-17-7-3-2-4-8-17/h2-10,18-19H,11-16H2,1H3,(H,23,24). The van der Waals surface area contributed by atoms with Gasteiger partial charge in [-0.25, -0.2) is 0 Å². The number of nitrogens with one attached hydrogen (secondary N) is 1. The van der Waals surface area contributed by atoms with Gasteiger partial charge >= 0.3 is 0 Å². The van der Waals surface area contributed by atoms with Crippen molar-refractivity contribution < 1.29 is 14.2 Å². The minimum atomic E-state index is -0.0365. The molecular formula is C22H27N3O3. The van der Waals surface area contributed by atoms with Gasteiger partial charge in [0, 0.05) is 33.0 Å². The van der Waals surface area contributed by atoms with E-state index in [0.29, 0.717) is 13.2 Å². The van der Waals surface area contributed by atoms with Crippen molar-refractivity contribution in [2.75, 3.05) is 33.3 Å². The van der Waals surface area contributed by atoms with Crippen LogP contribution in [-0.4, -0.2) is 56.4 Å². The summed E-state index contributed by atoms with van der Waals surface area (Å²) in [5, 5.41) is 3.43. The molecule has 28 heavy (non-hydrogen) atoms. The van der Waals surface area contributed by atoms with Gasteiger partial charge in [-0.3, -0.25) is 4.99 Å². The van der Waals surface area contributed by atoms with Crippen molar-refractivity contribution in [3.05, 3.63) is 54.6 Å². The maximum atomic E-state index is 6.08. The molecule has 6 heteroatoms. The van der Waals surface area contributed by atoms with Gasteiger partial charge in [-0.15, -0.1) is 0 Å². The van der Waals surface area contributed by atoms with Crippen LogP contribution in [0.25, 0.3) is 0 Å². The Balaban J connectivity index is 1.24. The van der Waals surface area contributed by atoms with E-state index in [4.69, 9.17) is 14.2 Å². The number of hydrogen-bond acceptors (Lipinski definition) is 4. The third kappa shape index (κ3) is 4.50. The number of ether oxygens (including phenoxy) is 3. The molecule has 2 aliphatic heterocycles.